The number of hydrogen-bond acceptors (Lipinski definition) is 2. The molecule has 16 heavy (non-hydrogen) atoms. The fourth-order valence-corrected chi connectivity index (χ4v) is 2.33. The smallest absolute Gasteiger partial charge is 0.0939 e. The molecule has 1 atom stereocenters. The van der Waals surface area contributed by atoms with Crippen LogP contribution in [0.1, 0.15) is 30.4 Å². The lowest BCUT2D eigenvalue weighted by molar-refractivity contribution is -0.148. The van der Waals surface area contributed by atoms with Gasteiger partial charge >= 0.3 is 0 Å². The molecule has 0 amide bonds. The second-order valence-electron chi connectivity index (χ2n) is 4.83. The Balaban J connectivity index is 2.01. The molecule has 1 unspecified atom stereocenters. The van der Waals surface area contributed by atoms with Gasteiger partial charge in [-0.05, 0) is 31.7 Å². The third-order valence-corrected chi connectivity index (χ3v) is 3.76. The van der Waals surface area contributed by atoms with Gasteiger partial charge in [0.2, 0.25) is 0 Å². The first-order valence-corrected chi connectivity index (χ1v) is 5.95. The fraction of sp³-hybridized carbons (Fsp3) is 0.571. The number of benzene rings is 1. The van der Waals surface area contributed by atoms with E-state index in [-0.39, 0.29) is 11.7 Å². The average Bonchev–Trinajstić information content (AvgIpc) is 2.21. The summed E-state index contributed by atoms with van der Waals surface area (Å²) >= 11 is 0. The predicted octanol–water partition coefficient (Wildman–Crippen LogP) is 2.47. The van der Waals surface area contributed by atoms with Crippen molar-refractivity contribution in [2.75, 3.05) is 7.11 Å². The average molecular weight is 220 g/mol. The molecule has 1 aliphatic carbocycles. The van der Waals surface area contributed by atoms with Gasteiger partial charge in [-0.1, -0.05) is 29.8 Å². The molecule has 0 aliphatic heterocycles. The minimum atomic E-state index is -0.381. The monoisotopic (exact) mass is 220 g/mol. The van der Waals surface area contributed by atoms with Gasteiger partial charge in [0.25, 0.3) is 0 Å². The van der Waals surface area contributed by atoms with Crippen LogP contribution < -0.4 is 0 Å². The molecule has 1 fully saturated rings. The zero-order chi connectivity index (χ0) is 11.6. The number of hydrogen-bond donors (Lipinski definition) is 1. The van der Waals surface area contributed by atoms with E-state index in [1.54, 1.807) is 7.11 Å². The number of methoxy groups -OCH3 is 1. The molecule has 0 aromatic heterocycles. The Morgan fingerprint density at radius 1 is 1.31 bits per heavy atom. The van der Waals surface area contributed by atoms with E-state index in [0.29, 0.717) is 6.42 Å². The van der Waals surface area contributed by atoms with Crippen molar-refractivity contribution in [2.45, 2.75) is 44.3 Å². The minimum absolute atomic E-state index is 0.273. The van der Waals surface area contributed by atoms with Crippen molar-refractivity contribution >= 4 is 0 Å². The van der Waals surface area contributed by atoms with E-state index in [1.165, 1.54) is 17.5 Å². The van der Waals surface area contributed by atoms with E-state index in [0.717, 1.165) is 12.8 Å². The van der Waals surface area contributed by atoms with Gasteiger partial charge in [0.15, 0.2) is 0 Å². The molecule has 0 spiro atoms. The van der Waals surface area contributed by atoms with Gasteiger partial charge in [0, 0.05) is 13.5 Å². The maximum absolute atomic E-state index is 10.2. The lowest BCUT2D eigenvalue weighted by atomic mass is 9.74. The molecule has 0 radical (unpaired) electrons. The van der Waals surface area contributed by atoms with E-state index in [9.17, 15) is 5.11 Å². The van der Waals surface area contributed by atoms with E-state index >= 15 is 0 Å². The highest BCUT2D eigenvalue weighted by molar-refractivity contribution is 5.22. The predicted molar refractivity (Wildman–Crippen MR) is 64.5 cm³/mol. The highest BCUT2D eigenvalue weighted by Gasteiger charge is 2.43. The largest absolute Gasteiger partial charge is 0.390 e. The SMILES string of the molecule is COC1(C(O)Cc2ccc(C)cc2)CCC1. The number of aryl methyl sites for hydroxylation is 1. The first-order chi connectivity index (χ1) is 7.66. The maximum atomic E-state index is 10.2. The summed E-state index contributed by atoms with van der Waals surface area (Å²) in [6.45, 7) is 2.07. The summed E-state index contributed by atoms with van der Waals surface area (Å²) in [7, 11) is 1.71. The highest BCUT2D eigenvalue weighted by Crippen LogP contribution is 2.39. The van der Waals surface area contributed by atoms with Crippen LogP contribution >= 0.6 is 0 Å². The first kappa shape index (κ1) is 11.6. The van der Waals surface area contributed by atoms with Gasteiger partial charge in [0.1, 0.15) is 0 Å². The molecule has 1 aliphatic rings. The highest BCUT2D eigenvalue weighted by atomic mass is 16.5. The second kappa shape index (κ2) is 4.56. The van der Waals surface area contributed by atoms with Crippen LogP contribution in [0, 0.1) is 6.92 Å². The summed E-state index contributed by atoms with van der Waals surface area (Å²) in [5.41, 5.74) is 2.16. The van der Waals surface area contributed by atoms with Gasteiger partial charge in [-0.2, -0.15) is 0 Å². The third-order valence-electron chi connectivity index (χ3n) is 3.76. The molecule has 0 heterocycles. The normalized spacial score (nSPS) is 20.2. The quantitative estimate of drug-likeness (QED) is 0.844. The summed E-state index contributed by atoms with van der Waals surface area (Å²) in [4.78, 5) is 0. The van der Waals surface area contributed by atoms with Crippen molar-refractivity contribution in [1.82, 2.24) is 0 Å². The maximum Gasteiger partial charge on any atom is 0.0939 e. The van der Waals surface area contributed by atoms with Crippen LogP contribution in [0.25, 0.3) is 0 Å². The molecule has 0 bridgehead atoms. The molecule has 1 N–H and O–H groups in total. The molecule has 88 valence electrons. The number of rotatable bonds is 4. The number of aliphatic hydroxyl groups excluding tert-OH is 1. The van der Waals surface area contributed by atoms with Gasteiger partial charge in [0.05, 0.1) is 11.7 Å². The van der Waals surface area contributed by atoms with Gasteiger partial charge in [-0.3, -0.25) is 0 Å². The van der Waals surface area contributed by atoms with Crippen molar-refractivity contribution in [3.63, 3.8) is 0 Å². The Morgan fingerprint density at radius 3 is 2.38 bits per heavy atom. The van der Waals surface area contributed by atoms with Crippen molar-refractivity contribution in [3.8, 4) is 0 Å². The van der Waals surface area contributed by atoms with E-state index in [4.69, 9.17) is 4.74 Å². The van der Waals surface area contributed by atoms with Gasteiger partial charge in [-0.25, -0.2) is 0 Å². The Morgan fingerprint density at radius 2 is 1.94 bits per heavy atom. The van der Waals surface area contributed by atoms with Crippen molar-refractivity contribution < 1.29 is 9.84 Å². The van der Waals surface area contributed by atoms with Gasteiger partial charge < -0.3 is 9.84 Å². The zero-order valence-electron chi connectivity index (χ0n) is 10.1. The topological polar surface area (TPSA) is 29.5 Å². The van der Waals surface area contributed by atoms with Crippen LogP contribution in [-0.2, 0) is 11.2 Å². The van der Waals surface area contributed by atoms with Crippen molar-refractivity contribution in [3.05, 3.63) is 35.4 Å². The van der Waals surface area contributed by atoms with E-state index in [2.05, 4.69) is 31.2 Å². The molecule has 2 heteroatoms. The van der Waals surface area contributed by atoms with Crippen LogP contribution in [-0.4, -0.2) is 23.9 Å². The molecular formula is C14H20O2. The standard InChI is InChI=1S/C14H20O2/c1-11-4-6-12(7-5-11)10-13(15)14(16-2)8-3-9-14/h4-7,13,15H,3,8-10H2,1-2H3. The molecule has 2 nitrogen and oxygen atoms in total. The summed E-state index contributed by atoms with van der Waals surface area (Å²) in [6, 6.07) is 8.34. The van der Waals surface area contributed by atoms with E-state index < -0.39 is 0 Å². The first-order valence-electron chi connectivity index (χ1n) is 5.95. The van der Waals surface area contributed by atoms with Crippen LogP contribution in [0.2, 0.25) is 0 Å². The Bertz CT molecular complexity index is 333. The summed E-state index contributed by atoms with van der Waals surface area (Å²) in [5.74, 6) is 0. The summed E-state index contributed by atoms with van der Waals surface area (Å²) in [5, 5.41) is 10.2. The van der Waals surface area contributed by atoms with Crippen LogP contribution in [0.5, 0.6) is 0 Å². The summed E-state index contributed by atoms with van der Waals surface area (Å²) in [6.07, 6.45) is 3.44. The number of ether oxygens (including phenoxy) is 1. The summed E-state index contributed by atoms with van der Waals surface area (Å²) < 4.78 is 5.48. The van der Waals surface area contributed by atoms with Crippen LogP contribution in [0.4, 0.5) is 0 Å². The van der Waals surface area contributed by atoms with Crippen LogP contribution in [0.15, 0.2) is 24.3 Å². The number of aliphatic hydroxyl groups is 1. The Labute approximate surface area is 97.3 Å². The lowest BCUT2D eigenvalue weighted by Gasteiger charge is -2.44. The Kier molecular flexibility index (Phi) is 3.31. The van der Waals surface area contributed by atoms with Gasteiger partial charge in [-0.15, -0.1) is 0 Å². The van der Waals surface area contributed by atoms with E-state index in [1.807, 2.05) is 0 Å². The molecule has 1 aromatic rings. The van der Waals surface area contributed by atoms with Crippen LogP contribution in [0.3, 0.4) is 0 Å². The molecule has 2 rings (SSSR count). The lowest BCUT2D eigenvalue weighted by Crippen LogP contribution is -2.50. The molecule has 0 saturated heterocycles. The second-order valence-corrected chi connectivity index (χ2v) is 4.83. The van der Waals surface area contributed by atoms with Crippen molar-refractivity contribution in [1.29, 1.82) is 0 Å². The minimum Gasteiger partial charge on any atom is -0.390 e. The third kappa shape index (κ3) is 2.13. The fourth-order valence-electron chi connectivity index (χ4n) is 2.33. The molecule has 1 aromatic carbocycles. The van der Waals surface area contributed by atoms with Crippen molar-refractivity contribution in [2.24, 2.45) is 0 Å². The zero-order valence-corrected chi connectivity index (χ0v) is 10.1. The molecule has 1 saturated carbocycles. The molecular weight excluding hydrogens is 200 g/mol. The Hall–Kier alpha value is -0.860.